The molecule has 0 saturated heterocycles. The molecule has 2 heterocycles. The van der Waals surface area contributed by atoms with Crippen molar-refractivity contribution < 1.29 is 0 Å². The van der Waals surface area contributed by atoms with Gasteiger partial charge in [0.25, 0.3) is 0 Å². The number of hydrogen-bond acceptors (Lipinski definition) is 2. The number of benzene rings is 1. The second-order valence-corrected chi connectivity index (χ2v) is 6.49. The van der Waals surface area contributed by atoms with Gasteiger partial charge in [-0.25, -0.2) is 0 Å². The number of pyridine rings is 1. The van der Waals surface area contributed by atoms with Crippen LogP contribution in [0.15, 0.2) is 48.2 Å². The maximum Gasteiger partial charge on any atom is 0.0551 e. The van der Waals surface area contributed by atoms with E-state index in [9.17, 15) is 0 Å². The Labute approximate surface area is 160 Å². The van der Waals surface area contributed by atoms with E-state index in [-0.39, 0.29) is 30.7 Å². The molecule has 0 bridgehead atoms. The molecule has 4 rings (SSSR count). The predicted molar refractivity (Wildman–Crippen MR) is 105 cm³/mol. The molecule has 0 spiro atoms. The average molecular weight is 384 g/mol. The molecule has 1 N–H and O–H groups in total. The van der Waals surface area contributed by atoms with Crippen LogP contribution < -0.4 is 5.32 Å². The lowest BCUT2D eigenvalue weighted by atomic mass is 9.83. The first-order valence-electron chi connectivity index (χ1n) is 7.94. The minimum Gasteiger partial charge on any atom is -0.313 e. The van der Waals surface area contributed by atoms with E-state index in [2.05, 4.69) is 35.7 Å². The van der Waals surface area contributed by atoms with Gasteiger partial charge in [-0.2, -0.15) is 0 Å². The third kappa shape index (κ3) is 3.62. The van der Waals surface area contributed by atoms with Gasteiger partial charge in [0.15, 0.2) is 0 Å². The summed E-state index contributed by atoms with van der Waals surface area (Å²) in [7, 11) is 0. The Hall–Kier alpha value is -1.06. The van der Waals surface area contributed by atoms with Crippen molar-refractivity contribution in [3.8, 4) is 0 Å². The van der Waals surface area contributed by atoms with E-state index >= 15 is 0 Å². The number of nitrogens with zero attached hydrogens (tertiary/aromatic N) is 1. The van der Waals surface area contributed by atoms with Gasteiger partial charge in [-0.1, -0.05) is 35.4 Å². The van der Waals surface area contributed by atoms with Crippen molar-refractivity contribution in [3.05, 3.63) is 75.6 Å². The molecule has 24 heavy (non-hydrogen) atoms. The number of fused-ring (bicyclic) bond motifs is 2. The predicted octanol–water partition coefficient (Wildman–Crippen LogP) is 4.73. The summed E-state index contributed by atoms with van der Waals surface area (Å²) < 4.78 is 0. The van der Waals surface area contributed by atoms with Gasteiger partial charge >= 0.3 is 0 Å². The first-order valence-corrected chi connectivity index (χ1v) is 8.32. The summed E-state index contributed by atoms with van der Waals surface area (Å²) in [5, 5.41) is 4.24. The summed E-state index contributed by atoms with van der Waals surface area (Å²) >= 11 is 6.23. The van der Waals surface area contributed by atoms with Gasteiger partial charge in [0, 0.05) is 23.7 Å². The molecule has 1 aliphatic heterocycles. The van der Waals surface area contributed by atoms with Crippen LogP contribution in [0.1, 0.15) is 34.7 Å². The standard InChI is InChI=1S/C19H19ClN2.2ClH/c20-16-5-6-17-15(12-16)4-3-14-2-1-9-22-19(14)18(17)13-7-10-21-11-8-13;;/h1-2,5-7,9,12,18,21H,3-4,8,10-11H2;2*1H. The zero-order chi connectivity index (χ0) is 14.9. The summed E-state index contributed by atoms with van der Waals surface area (Å²) in [6.45, 7) is 2.00. The van der Waals surface area contributed by atoms with E-state index in [1.807, 2.05) is 12.3 Å². The Morgan fingerprint density at radius 2 is 1.88 bits per heavy atom. The minimum atomic E-state index is 0. The van der Waals surface area contributed by atoms with Crippen LogP contribution in [-0.2, 0) is 12.8 Å². The highest BCUT2D eigenvalue weighted by Crippen LogP contribution is 2.40. The molecule has 1 aromatic heterocycles. The second kappa shape index (κ2) is 8.35. The molecule has 128 valence electrons. The van der Waals surface area contributed by atoms with Crippen LogP contribution in [0.25, 0.3) is 0 Å². The van der Waals surface area contributed by atoms with Gasteiger partial charge in [0.2, 0.25) is 0 Å². The SMILES string of the molecule is Cl.Cl.Clc1ccc2c(c1)CCc1cccnc1C2C1=CCNCC1. The Bertz CT molecular complexity index is 743. The van der Waals surface area contributed by atoms with Crippen molar-refractivity contribution in [1.82, 2.24) is 10.3 Å². The molecular weight excluding hydrogens is 363 g/mol. The molecule has 2 nitrogen and oxygen atoms in total. The van der Waals surface area contributed by atoms with Crippen molar-refractivity contribution in [3.63, 3.8) is 0 Å². The summed E-state index contributed by atoms with van der Waals surface area (Å²) in [4.78, 5) is 4.76. The van der Waals surface area contributed by atoms with Crippen LogP contribution in [0.2, 0.25) is 5.02 Å². The Kier molecular flexibility index (Phi) is 6.70. The lowest BCUT2D eigenvalue weighted by Gasteiger charge is -2.25. The lowest BCUT2D eigenvalue weighted by Crippen LogP contribution is -2.23. The summed E-state index contributed by atoms with van der Waals surface area (Å²) in [5.41, 5.74) is 6.85. The fraction of sp³-hybridized carbons (Fsp3) is 0.316. The van der Waals surface area contributed by atoms with E-state index in [1.54, 1.807) is 0 Å². The molecule has 5 heteroatoms. The van der Waals surface area contributed by atoms with E-state index < -0.39 is 0 Å². The maximum absolute atomic E-state index is 6.23. The molecule has 0 fully saturated rings. The first-order chi connectivity index (χ1) is 10.8. The van der Waals surface area contributed by atoms with Crippen LogP contribution in [0.3, 0.4) is 0 Å². The number of hydrogen-bond donors (Lipinski definition) is 1. The summed E-state index contributed by atoms with van der Waals surface area (Å²) in [6, 6.07) is 10.6. The summed E-state index contributed by atoms with van der Waals surface area (Å²) in [5.74, 6) is 0.285. The van der Waals surface area contributed by atoms with Crippen molar-refractivity contribution in [1.29, 1.82) is 0 Å². The van der Waals surface area contributed by atoms with Crippen LogP contribution in [-0.4, -0.2) is 18.1 Å². The van der Waals surface area contributed by atoms with Gasteiger partial charge < -0.3 is 5.32 Å². The van der Waals surface area contributed by atoms with Gasteiger partial charge in [-0.3, -0.25) is 4.98 Å². The maximum atomic E-state index is 6.23. The monoisotopic (exact) mass is 382 g/mol. The molecule has 2 aliphatic rings. The highest BCUT2D eigenvalue weighted by atomic mass is 35.5. The van der Waals surface area contributed by atoms with Crippen molar-refractivity contribution in [2.24, 2.45) is 0 Å². The molecule has 0 radical (unpaired) electrons. The lowest BCUT2D eigenvalue weighted by molar-refractivity contribution is 0.667. The van der Waals surface area contributed by atoms with Crippen LogP contribution in [0.5, 0.6) is 0 Å². The normalized spacial score (nSPS) is 18.9. The Morgan fingerprint density at radius 1 is 1.04 bits per heavy atom. The molecule has 2 aromatic rings. The molecule has 0 saturated carbocycles. The smallest absolute Gasteiger partial charge is 0.0551 e. The number of rotatable bonds is 1. The third-order valence-electron chi connectivity index (χ3n) is 4.75. The van der Waals surface area contributed by atoms with Gasteiger partial charge in [0.05, 0.1) is 5.69 Å². The quantitative estimate of drug-likeness (QED) is 0.720. The molecular formula is C19H21Cl3N2. The van der Waals surface area contributed by atoms with Gasteiger partial charge in [0.1, 0.15) is 0 Å². The van der Waals surface area contributed by atoms with E-state index in [0.717, 1.165) is 37.4 Å². The third-order valence-corrected chi connectivity index (χ3v) is 4.98. The largest absolute Gasteiger partial charge is 0.313 e. The minimum absolute atomic E-state index is 0. The number of aryl methyl sites for hydroxylation is 2. The van der Waals surface area contributed by atoms with E-state index in [1.165, 1.54) is 28.0 Å². The number of nitrogens with one attached hydrogen (secondary N) is 1. The van der Waals surface area contributed by atoms with Gasteiger partial charge in [-0.15, -0.1) is 24.8 Å². The Morgan fingerprint density at radius 3 is 2.67 bits per heavy atom. The number of halogens is 3. The fourth-order valence-corrected chi connectivity index (χ4v) is 3.88. The highest BCUT2D eigenvalue weighted by molar-refractivity contribution is 6.30. The molecule has 1 atom stereocenters. The zero-order valence-electron chi connectivity index (χ0n) is 13.3. The Balaban J connectivity index is 0.00000104. The van der Waals surface area contributed by atoms with E-state index in [0.29, 0.717) is 0 Å². The highest BCUT2D eigenvalue weighted by Gasteiger charge is 2.28. The molecule has 1 unspecified atom stereocenters. The topological polar surface area (TPSA) is 24.9 Å². The summed E-state index contributed by atoms with van der Waals surface area (Å²) in [6.07, 6.45) is 7.43. The fourth-order valence-electron chi connectivity index (χ4n) is 3.69. The molecule has 1 aromatic carbocycles. The second-order valence-electron chi connectivity index (χ2n) is 6.06. The van der Waals surface area contributed by atoms with Crippen LogP contribution >= 0.6 is 36.4 Å². The van der Waals surface area contributed by atoms with Gasteiger partial charge in [-0.05, 0) is 60.7 Å². The van der Waals surface area contributed by atoms with Crippen molar-refractivity contribution >= 4 is 36.4 Å². The average Bonchev–Trinajstić information content (AvgIpc) is 2.72. The molecule has 1 aliphatic carbocycles. The number of aromatic nitrogens is 1. The first kappa shape index (κ1) is 19.3. The van der Waals surface area contributed by atoms with Crippen molar-refractivity contribution in [2.45, 2.75) is 25.2 Å². The molecule has 0 amide bonds. The van der Waals surface area contributed by atoms with E-state index in [4.69, 9.17) is 16.6 Å². The van der Waals surface area contributed by atoms with Crippen LogP contribution in [0.4, 0.5) is 0 Å². The van der Waals surface area contributed by atoms with Crippen molar-refractivity contribution in [2.75, 3.05) is 13.1 Å². The van der Waals surface area contributed by atoms with Crippen LogP contribution in [0, 0.1) is 0 Å². The zero-order valence-corrected chi connectivity index (χ0v) is 15.7.